The molecule has 1 aromatic heterocycles. The topological polar surface area (TPSA) is 25.8 Å². The average molecular weight is 288 g/mol. The summed E-state index contributed by atoms with van der Waals surface area (Å²) in [6, 6.07) is 5.29. The lowest BCUT2D eigenvalue weighted by atomic mass is 10.1. The van der Waals surface area contributed by atoms with Gasteiger partial charge in [-0.05, 0) is 32.0 Å². The van der Waals surface area contributed by atoms with Gasteiger partial charge in [0.05, 0.1) is 5.69 Å². The molecule has 0 fully saturated rings. The van der Waals surface area contributed by atoms with Crippen molar-refractivity contribution in [3.8, 4) is 11.3 Å². The van der Waals surface area contributed by atoms with Crippen LogP contribution in [0.3, 0.4) is 0 Å². The van der Waals surface area contributed by atoms with Gasteiger partial charge in [0.2, 0.25) is 0 Å². The second kappa shape index (κ2) is 4.81. The molecule has 0 aliphatic rings. The lowest BCUT2D eigenvalue weighted by Gasteiger charge is -2.08. The van der Waals surface area contributed by atoms with Gasteiger partial charge in [-0.25, -0.2) is 9.97 Å². The third kappa shape index (κ3) is 2.71. The Morgan fingerprint density at radius 2 is 1.47 bits per heavy atom. The first-order valence-corrected chi connectivity index (χ1v) is 6.08. The van der Waals surface area contributed by atoms with Crippen LogP contribution in [0.4, 0.5) is 0 Å². The molecule has 1 heterocycles. The van der Waals surface area contributed by atoms with Crippen LogP contribution in [0.1, 0.15) is 11.4 Å². The van der Waals surface area contributed by atoms with Gasteiger partial charge < -0.3 is 0 Å². The van der Waals surface area contributed by atoms with E-state index in [0.29, 0.717) is 21.0 Å². The van der Waals surface area contributed by atoms with Gasteiger partial charge in [0, 0.05) is 21.2 Å². The fourth-order valence-corrected chi connectivity index (χ4v) is 2.30. The summed E-state index contributed by atoms with van der Waals surface area (Å²) >= 11 is 18.0. The van der Waals surface area contributed by atoms with Crippen LogP contribution < -0.4 is 0 Å². The van der Waals surface area contributed by atoms with Crippen molar-refractivity contribution < 1.29 is 0 Å². The normalized spacial score (nSPS) is 10.6. The van der Waals surface area contributed by atoms with Crippen molar-refractivity contribution in [3.63, 3.8) is 0 Å². The molecule has 0 bridgehead atoms. The van der Waals surface area contributed by atoms with Crippen molar-refractivity contribution in [2.24, 2.45) is 0 Å². The van der Waals surface area contributed by atoms with Gasteiger partial charge in [0.25, 0.3) is 0 Å². The maximum Gasteiger partial charge on any atom is 0.136 e. The molecule has 0 amide bonds. The summed E-state index contributed by atoms with van der Waals surface area (Å²) < 4.78 is 0. The highest BCUT2D eigenvalue weighted by atomic mass is 35.5. The number of hydrogen-bond donors (Lipinski definition) is 0. The maximum atomic E-state index is 6.03. The van der Waals surface area contributed by atoms with Gasteiger partial charge in [0.15, 0.2) is 0 Å². The van der Waals surface area contributed by atoms with Crippen molar-refractivity contribution in [2.45, 2.75) is 13.8 Å². The van der Waals surface area contributed by atoms with Crippen LogP contribution >= 0.6 is 34.8 Å². The van der Waals surface area contributed by atoms with Gasteiger partial charge >= 0.3 is 0 Å². The number of aryl methyl sites for hydroxylation is 1. The first kappa shape index (κ1) is 12.6. The van der Waals surface area contributed by atoms with E-state index in [1.165, 1.54) is 0 Å². The van der Waals surface area contributed by atoms with Crippen molar-refractivity contribution in [1.29, 1.82) is 0 Å². The van der Waals surface area contributed by atoms with Gasteiger partial charge in [0.1, 0.15) is 11.0 Å². The quantitative estimate of drug-likeness (QED) is 0.709. The average Bonchev–Trinajstić information content (AvgIpc) is 2.22. The summed E-state index contributed by atoms with van der Waals surface area (Å²) in [5, 5.41) is 1.59. The zero-order valence-corrected chi connectivity index (χ0v) is 11.5. The van der Waals surface area contributed by atoms with E-state index in [1.807, 2.05) is 6.92 Å². The number of hydrogen-bond acceptors (Lipinski definition) is 2. The van der Waals surface area contributed by atoms with E-state index in [-0.39, 0.29) is 0 Å². The summed E-state index contributed by atoms with van der Waals surface area (Å²) in [7, 11) is 0. The van der Waals surface area contributed by atoms with Crippen LogP contribution in [0.15, 0.2) is 18.2 Å². The Hall–Kier alpha value is -0.830. The molecule has 88 valence electrons. The molecule has 0 N–H and O–H groups in total. The first-order chi connectivity index (χ1) is 7.97. The minimum atomic E-state index is 0.448. The van der Waals surface area contributed by atoms with E-state index < -0.39 is 0 Å². The summed E-state index contributed by atoms with van der Waals surface area (Å²) in [5.74, 6) is 0.617. The summed E-state index contributed by atoms with van der Waals surface area (Å²) in [5.41, 5.74) is 2.41. The predicted molar refractivity (Wildman–Crippen MR) is 72.0 cm³/mol. The molecule has 0 spiro atoms. The molecular formula is C12H9Cl3N2. The minimum Gasteiger partial charge on any atom is -0.233 e. The van der Waals surface area contributed by atoms with Gasteiger partial charge in [-0.1, -0.05) is 34.8 Å². The Morgan fingerprint density at radius 3 is 2.06 bits per heavy atom. The van der Waals surface area contributed by atoms with E-state index in [1.54, 1.807) is 25.1 Å². The Labute approximate surface area is 115 Å². The Kier molecular flexibility index (Phi) is 3.57. The van der Waals surface area contributed by atoms with Crippen molar-refractivity contribution >= 4 is 34.8 Å². The SMILES string of the molecule is Cc1nc(Cl)c(C)c(-c2cc(Cl)cc(Cl)c2)n1. The zero-order valence-electron chi connectivity index (χ0n) is 9.26. The molecule has 0 saturated carbocycles. The molecule has 0 atom stereocenters. The Balaban J connectivity index is 2.67. The zero-order chi connectivity index (χ0) is 12.6. The number of rotatable bonds is 1. The van der Waals surface area contributed by atoms with E-state index >= 15 is 0 Å². The second-order valence-corrected chi connectivity index (χ2v) is 4.92. The monoisotopic (exact) mass is 286 g/mol. The van der Waals surface area contributed by atoms with Crippen LogP contribution in [0.5, 0.6) is 0 Å². The highest BCUT2D eigenvalue weighted by Gasteiger charge is 2.10. The molecule has 2 aromatic rings. The van der Waals surface area contributed by atoms with Gasteiger partial charge in [-0.15, -0.1) is 0 Å². The first-order valence-electron chi connectivity index (χ1n) is 4.94. The number of nitrogens with zero attached hydrogens (tertiary/aromatic N) is 2. The fraction of sp³-hybridized carbons (Fsp3) is 0.167. The van der Waals surface area contributed by atoms with Crippen molar-refractivity contribution in [1.82, 2.24) is 9.97 Å². The smallest absolute Gasteiger partial charge is 0.136 e. The largest absolute Gasteiger partial charge is 0.233 e. The standard InChI is InChI=1S/C12H9Cl3N2/c1-6-11(16-7(2)17-12(6)15)8-3-9(13)5-10(14)4-8/h3-5H,1-2H3. The van der Waals surface area contributed by atoms with E-state index in [9.17, 15) is 0 Å². The van der Waals surface area contributed by atoms with Gasteiger partial charge in [-0.2, -0.15) is 0 Å². The molecule has 2 rings (SSSR count). The minimum absolute atomic E-state index is 0.448. The predicted octanol–water partition coefficient (Wildman–Crippen LogP) is 4.72. The number of aromatic nitrogens is 2. The van der Waals surface area contributed by atoms with Crippen LogP contribution in [0.25, 0.3) is 11.3 Å². The fourth-order valence-electron chi connectivity index (χ4n) is 1.57. The van der Waals surface area contributed by atoms with E-state index in [0.717, 1.165) is 16.8 Å². The molecular weight excluding hydrogens is 279 g/mol. The summed E-state index contributed by atoms with van der Waals surface area (Å²) in [4.78, 5) is 8.47. The molecule has 0 saturated heterocycles. The molecule has 0 aliphatic heterocycles. The molecule has 5 heteroatoms. The molecule has 0 radical (unpaired) electrons. The van der Waals surface area contributed by atoms with Crippen LogP contribution in [-0.4, -0.2) is 9.97 Å². The highest BCUT2D eigenvalue weighted by Crippen LogP contribution is 2.30. The van der Waals surface area contributed by atoms with E-state index in [4.69, 9.17) is 34.8 Å². The van der Waals surface area contributed by atoms with Crippen LogP contribution in [0, 0.1) is 13.8 Å². The van der Waals surface area contributed by atoms with Crippen molar-refractivity contribution in [3.05, 3.63) is 44.8 Å². The molecule has 0 aliphatic carbocycles. The molecule has 1 aromatic carbocycles. The highest BCUT2D eigenvalue weighted by molar-refractivity contribution is 6.35. The Morgan fingerprint density at radius 1 is 0.882 bits per heavy atom. The summed E-state index contributed by atoms with van der Waals surface area (Å²) in [6.45, 7) is 3.66. The van der Waals surface area contributed by atoms with Crippen molar-refractivity contribution in [2.75, 3.05) is 0 Å². The maximum absolute atomic E-state index is 6.03. The molecule has 17 heavy (non-hydrogen) atoms. The van der Waals surface area contributed by atoms with Crippen LogP contribution in [0.2, 0.25) is 15.2 Å². The second-order valence-electron chi connectivity index (χ2n) is 3.69. The number of benzene rings is 1. The summed E-state index contributed by atoms with van der Waals surface area (Å²) in [6.07, 6.45) is 0. The molecule has 2 nitrogen and oxygen atoms in total. The lowest BCUT2D eigenvalue weighted by molar-refractivity contribution is 1.04. The third-order valence-electron chi connectivity index (χ3n) is 2.33. The molecule has 0 unspecified atom stereocenters. The lowest BCUT2D eigenvalue weighted by Crippen LogP contribution is -1.96. The number of halogens is 3. The Bertz CT molecular complexity index is 562. The van der Waals surface area contributed by atoms with Gasteiger partial charge in [-0.3, -0.25) is 0 Å². The van der Waals surface area contributed by atoms with Crippen LogP contribution in [-0.2, 0) is 0 Å². The van der Waals surface area contributed by atoms with E-state index in [2.05, 4.69) is 9.97 Å². The third-order valence-corrected chi connectivity index (χ3v) is 3.14.